The van der Waals surface area contributed by atoms with E-state index in [1.807, 2.05) is 19.1 Å². The van der Waals surface area contributed by atoms with Crippen LogP contribution in [0.25, 0.3) is 0 Å². The number of benzene rings is 2. The summed E-state index contributed by atoms with van der Waals surface area (Å²) in [5.74, 6) is -0.261. The van der Waals surface area contributed by atoms with Crippen molar-refractivity contribution >= 4 is 35.1 Å². The van der Waals surface area contributed by atoms with Gasteiger partial charge in [-0.2, -0.15) is 0 Å². The highest BCUT2D eigenvalue weighted by Crippen LogP contribution is 2.22. The van der Waals surface area contributed by atoms with Gasteiger partial charge in [-0.25, -0.2) is 4.79 Å². The summed E-state index contributed by atoms with van der Waals surface area (Å²) in [5, 5.41) is 2.61. The van der Waals surface area contributed by atoms with Crippen molar-refractivity contribution in [3.8, 4) is 0 Å². The van der Waals surface area contributed by atoms with Gasteiger partial charge in [-0.15, -0.1) is 11.8 Å². The van der Waals surface area contributed by atoms with Crippen molar-refractivity contribution in [3.63, 3.8) is 0 Å². The molecular formula is C19H19NO4S. The smallest absolute Gasteiger partial charge is 0.339 e. The Hall–Kier alpha value is -2.60. The zero-order valence-electron chi connectivity index (χ0n) is 14.1. The maximum absolute atomic E-state index is 12.2. The highest BCUT2D eigenvalue weighted by atomic mass is 32.2. The van der Waals surface area contributed by atoms with Crippen LogP contribution in [-0.2, 0) is 9.53 Å². The van der Waals surface area contributed by atoms with E-state index in [4.69, 9.17) is 4.74 Å². The number of hydrogen-bond acceptors (Lipinski definition) is 5. The first kappa shape index (κ1) is 18.7. The Labute approximate surface area is 150 Å². The number of amides is 1. The second-order valence-corrected chi connectivity index (χ2v) is 6.50. The molecule has 0 aliphatic rings. The van der Waals surface area contributed by atoms with Gasteiger partial charge >= 0.3 is 5.97 Å². The highest BCUT2D eigenvalue weighted by Gasteiger charge is 2.14. The summed E-state index contributed by atoms with van der Waals surface area (Å²) in [6.07, 6.45) is 0. The molecule has 1 N–H and O–H groups in total. The lowest BCUT2D eigenvalue weighted by Crippen LogP contribution is -2.21. The molecule has 0 aliphatic carbocycles. The van der Waals surface area contributed by atoms with Gasteiger partial charge in [-0.05, 0) is 36.9 Å². The van der Waals surface area contributed by atoms with Crippen LogP contribution in [0.15, 0.2) is 53.4 Å². The molecule has 0 spiro atoms. The lowest BCUT2D eigenvalue weighted by molar-refractivity contribution is -0.119. The molecule has 0 bridgehead atoms. The molecule has 0 saturated heterocycles. The molecule has 0 unspecified atom stereocenters. The number of ketones is 1. The minimum absolute atomic E-state index is 0.0902. The second-order valence-electron chi connectivity index (χ2n) is 5.19. The molecular weight excluding hydrogens is 338 g/mol. The molecule has 1 amide bonds. The number of carbonyl (C=O) groups excluding carboxylic acids is 3. The molecule has 0 heterocycles. The number of nitrogens with one attached hydrogen (secondary N) is 1. The van der Waals surface area contributed by atoms with Crippen LogP contribution in [-0.4, -0.2) is 30.0 Å². The lowest BCUT2D eigenvalue weighted by Gasteiger charge is -2.09. The predicted molar refractivity (Wildman–Crippen MR) is 98.2 cm³/mol. The minimum atomic E-state index is -0.538. The summed E-state index contributed by atoms with van der Waals surface area (Å²) in [6.45, 7) is 3.05. The van der Waals surface area contributed by atoms with E-state index in [9.17, 15) is 14.4 Å². The lowest BCUT2D eigenvalue weighted by atomic mass is 10.1. The monoisotopic (exact) mass is 357 g/mol. The van der Waals surface area contributed by atoms with E-state index < -0.39 is 18.5 Å². The molecule has 0 saturated carbocycles. The molecule has 2 aromatic carbocycles. The first-order chi connectivity index (χ1) is 12.0. The van der Waals surface area contributed by atoms with Crippen LogP contribution in [0, 0.1) is 0 Å². The van der Waals surface area contributed by atoms with E-state index in [1.165, 1.54) is 18.7 Å². The quantitative estimate of drug-likeness (QED) is 0.464. The summed E-state index contributed by atoms with van der Waals surface area (Å²) in [6, 6.07) is 13.7. The fourth-order valence-electron chi connectivity index (χ4n) is 2.14. The molecule has 0 radical (unpaired) electrons. The number of hydrogen-bond donors (Lipinski definition) is 1. The van der Waals surface area contributed by atoms with Gasteiger partial charge < -0.3 is 10.1 Å². The topological polar surface area (TPSA) is 72.5 Å². The van der Waals surface area contributed by atoms with E-state index in [0.717, 1.165) is 10.6 Å². The summed E-state index contributed by atoms with van der Waals surface area (Å²) >= 11 is 1.54. The fourth-order valence-corrected chi connectivity index (χ4v) is 2.93. The van der Waals surface area contributed by atoms with Gasteiger partial charge in [0.05, 0.1) is 5.56 Å². The number of thioether (sulfide) groups is 1. The predicted octanol–water partition coefficient (Wildman–Crippen LogP) is 3.80. The number of carbonyl (C=O) groups is 3. The van der Waals surface area contributed by atoms with Crippen molar-refractivity contribution in [2.75, 3.05) is 17.7 Å². The molecule has 130 valence electrons. The van der Waals surface area contributed by atoms with Gasteiger partial charge in [0.2, 0.25) is 0 Å². The standard InChI is InChI=1S/C19H19NO4S/c1-3-25-17-10-5-4-9-16(17)19(23)24-12-18(22)20-15-8-6-7-14(11-15)13(2)21/h4-11H,3,12H2,1-2H3,(H,20,22). The van der Waals surface area contributed by atoms with Crippen molar-refractivity contribution in [2.45, 2.75) is 18.7 Å². The minimum Gasteiger partial charge on any atom is -0.452 e. The third-order valence-corrected chi connectivity index (χ3v) is 4.25. The third-order valence-electron chi connectivity index (χ3n) is 3.29. The van der Waals surface area contributed by atoms with Crippen LogP contribution in [0.4, 0.5) is 5.69 Å². The van der Waals surface area contributed by atoms with Crippen LogP contribution in [0.1, 0.15) is 34.6 Å². The molecule has 25 heavy (non-hydrogen) atoms. The Kier molecular flexibility index (Phi) is 6.77. The van der Waals surface area contributed by atoms with Crippen molar-refractivity contribution in [1.29, 1.82) is 0 Å². The molecule has 6 heteroatoms. The second kappa shape index (κ2) is 9.03. The Balaban J connectivity index is 1.95. The van der Waals surface area contributed by atoms with E-state index in [1.54, 1.807) is 36.4 Å². The average Bonchev–Trinajstić information content (AvgIpc) is 2.60. The van der Waals surface area contributed by atoms with E-state index in [0.29, 0.717) is 16.8 Å². The Morgan fingerprint density at radius 2 is 1.84 bits per heavy atom. The van der Waals surface area contributed by atoms with Crippen molar-refractivity contribution in [3.05, 3.63) is 59.7 Å². The average molecular weight is 357 g/mol. The first-order valence-corrected chi connectivity index (χ1v) is 8.79. The zero-order chi connectivity index (χ0) is 18.2. The van der Waals surface area contributed by atoms with Gasteiger partial charge in [0.1, 0.15) is 0 Å². The van der Waals surface area contributed by atoms with Gasteiger partial charge in [0, 0.05) is 16.1 Å². The molecule has 0 aromatic heterocycles. The molecule has 2 rings (SSSR count). The number of Topliss-reactive ketones (excluding diaryl/α,β-unsaturated/α-hetero) is 1. The number of ether oxygens (including phenoxy) is 1. The molecule has 0 aliphatic heterocycles. The number of esters is 1. The largest absolute Gasteiger partial charge is 0.452 e. The van der Waals surface area contributed by atoms with E-state index >= 15 is 0 Å². The van der Waals surface area contributed by atoms with Crippen LogP contribution < -0.4 is 5.32 Å². The zero-order valence-corrected chi connectivity index (χ0v) is 14.9. The summed E-state index contributed by atoms with van der Waals surface area (Å²) in [5.41, 5.74) is 1.43. The summed E-state index contributed by atoms with van der Waals surface area (Å²) in [4.78, 5) is 36.3. The van der Waals surface area contributed by atoms with Crippen molar-refractivity contribution in [2.24, 2.45) is 0 Å². The van der Waals surface area contributed by atoms with Gasteiger partial charge in [-0.1, -0.05) is 31.2 Å². The van der Waals surface area contributed by atoms with Crippen molar-refractivity contribution in [1.82, 2.24) is 0 Å². The number of rotatable bonds is 7. The SMILES string of the molecule is CCSc1ccccc1C(=O)OCC(=O)Nc1cccc(C(C)=O)c1. The highest BCUT2D eigenvalue weighted by molar-refractivity contribution is 7.99. The molecule has 0 atom stereocenters. The van der Waals surface area contributed by atoms with Gasteiger partial charge in [0.15, 0.2) is 12.4 Å². The Bertz CT molecular complexity index is 788. The summed E-state index contributed by atoms with van der Waals surface area (Å²) < 4.78 is 5.10. The molecule has 2 aromatic rings. The maximum Gasteiger partial charge on any atom is 0.339 e. The first-order valence-electron chi connectivity index (χ1n) is 7.81. The fraction of sp³-hybridized carbons (Fsp3) is 0.211. The third kappa shape index (κ3) is 5.46. The van der Waals surface area contributed by atoms with Crippen LogP contribution in [0.3, 0.4) is 0 Å². The molecule has 0 fully saturated rings. The van der Waals surface area contributed by atoms with Crippen LogP contribution in [0.5, 0.6) is 0 Å². The van der Waals surface area contributed by atoms with Gasteiger partial charge in [-0.3, -0.25) is 9.59 Å². The Morgan fingerprint density at radius 3 is 2.56 bits per heavy atom. The number of anilines is 1. The van der Waals surface area contributed by atoms with E-state index in [-0.39, 0.29) is 5.78 Å². The normalized spacial score (nSPS) is 10.2. The van der Waals surface area contributed by atoms with Gasteiger partial charge in [0.25, 0.3) is 5.91 Å². The van der Waals surface area contributed by atoms with Crippen molar-refractivity contribution < 1.29 is 19.1 Å². The maximum atomic E-state index is 12.2. The molecule has 5 nitrogen and oxygen atoms in total. The summed E-state index contributed by atoms with van der Waals surface area (Å²) in [7, 11) is 0. The van der Waals surface area contributed by atoms with Crippen LogP contribution in [0.2, 0.25) is 0 Å². The Morgan fingerprint density at radius 1 is 1.08 bits per heavy atom. The van der Waals surface area contributed by atoms with E-state index in [2.05, 4.69) is 5.32 Å². The van der Waals surface area contributed by atoms with Crippen LogP contribution >= 0.6 is 11.8 Å².